The van der Waals surface area contributed by atoms with Crippen LogP contribution in [0.1, 0.15) is 28.0 Å². The van der Waals surface area contributed by atoms with E-state index in [1.54, 1.807) is 41.9 Å². The SMILES string of the molecule is C=CCn1c(Cc2csc(NC(=O)c3nc(C)n(-c4ccc(Cl)cc4)n3)n2)n[nH]c1=S. The number of nitrogens with one attached hydrogen (secondary N) is 2. The molecule has 3 heterocycles. The van der Waals surface area contributed by atoms with Crippen molar-refractivity contribution in [3.8, 4) is 5.69 Å². The number of aryl methyl sites for hydroxylation is 1. The number of H-pyrrole nitrogens is 1. The van der Waals surface area contributed by atoms with E-state index < -0.39 is 5.91 Å². The van der Waals surface area contributed by atoms with E-state index in [1.807, 2.05) is 9.95 Å². The highest BCUT2D eigenvalue weighted by molar-refractivity contribution is 7.71. The molecule has 0 unspecified atom stereocenters. The number of carbonyl (C=O) groups is 1. The van der Waals surface area contributed by atoms with Crippen molar-refractivity contribution < 1.29 is 4.79 Å². The lowest BCUT2D eigenvalue weighted by atomic mass is 10.3. The van der Waals surface area contributed by atoms with E-state index in [2.05, 4.69) is 37.2 Å². The second-order valence-corrected chi connectivity index (χ2v) is 8.17. The lowest BCUT2D eigenvalue weighted by molar-refractivity contribution is 0.101. The number of thiazole rings is 1. The van der Waals surface area contributed by atoms with Gasteiger partial charge in [-0.05, 0) is 43.4 Å². The van der Waals surface area contributed by atoms with Gasteiger partial charge in [0.1, 0.15) is 11.6 Å². The molecule has 0 aliphatic rings. The average molecular weight is 473 g/mol. The second-order valence-electron chi connectivity index (χ2n) is 6.49. The van der Waals surface area contributed by atoms with Crippen LogP contribution in [0.3, 0.4) is 0 Å². The highest BCUT2D eigenvalue weighted by Crippen LogP contribution is 2.19. The first-order chi connectivity index (χ1) is 14.9. The summed E-state index contributed by atoms with van der Waals surface area (Å²) < 4.78 is 3.95. The molecule has 0 spiro atoms. The van der Waals surface area contributed by atoms with Gasteiger partial charge in [-0.15, -0.1) is 23.0 Å². The van der Waals surface area contributed by atoms with Crippen LogP contribution >= 0.6 is 35.2 Å². The van der Waals surface area contributed by atoms with Gasteiger partial charge < -0.3 is 0 Å². The Bertz CT molecular complexity index is 1300. The molecule has 0 fully saturated rings. The number of aromatic nitrogens is 7. The maximum Gasteiger partial charge on any atom is 0.297 e. The molecule has 3 aromatic heterocycles. The van der Waals surface area contributed by atoms with Crippen molar-refractivity contribution in [1.29, 1.82) is 0 Å². The van der Waals surface area contributed by atoms with Gasteiger partial charge in [-0.25, -0.2) is 14.6 Å². The van der Waals surface area contributed by atoms with Crippen molar-refractivity contribution in [1.82, 2.24) is 34.5 Å². The van der Waals surface area contributed by atoms with Crippen LogP contribution in [-0.2, 0) is 13.0 Å². The number of allylic oxidation sites excluding steroid dienone is 1. The fourth-order valence-corrected chi connectivity index (χ4v) is 3.93. The van der Waals surface area contributed by atoms with E-state index >= 15 is 0 Å². The Morgan fingerprint density at radius 2 is 2.13 bits per heavy atom. The molecule has 31 heavy (non-hydrogen) atoms. The molecule has 0 saturated carbocycles. The zero-order valence-electron chi connectivity index (χ0n) is 16.4. The average Bonchev–Trinajstić information content (AvgIpc) is 3.44. The molecular formula is C19H17ClN8OS2. The summed E-state index contributed by atoms with van der Waals surface area (Å²) in [5.41, 5.74) is 1.52. The first kappa shape index (κ1) is 21.1. The van der Waals surface area contributed by atoms with Gasteiger partial charge in [-0.3, -0.25) is 19.8 Å². The van der Waals surface area contributed by atoms with Gasteiger partial charge in [-0.1, -0.05) is 17.7 Å². The van der Waals surface area contributed by atoms with Crippen LogP contribution in [-0.4, -0.2) is 40.4 Å². The Labute approximate surface area is 191 Å². The summed E-state index contributed by atoms with van der Waals surface area (Å²) in [7, 11) is 0. The van der Waals surface area contributed by atoms with Gasteiger partial charge in [0.05, 0.1) is 17.8 Å². The number of carbonyl (C=O) groups excluding carboxylic acids is 1. The number of rotatable bonds is 7. The minimum atomic E-state index is -0.439. The number of hydrogen-bond acceptors (Lipinski definition) is 7. The van der Waals surface area contributed by atoms with Crippen molar-refractivity contribution in [2.45, 2.75) is 19.9 Å². The van der Waals surface area contributed by atoms with E-state index in [0.717, 1.165) is 17.2 Å². The molecule has 0 bridgehead atoms. The van der Waals surface area contributed by atoms with Gasteiger partial charge in [0.15, 0.2) is 9.90 Å². The Balaban J connectivity index is 1.47. The Hall–Kier alpha value is -3.15. The number of nitrogens with zero attached hydrogens (tertiary/aromatic N) is 6. The summed E-state index contributed by atoms with van der Waals surface area (Å²) in [6.45, 7) is 6.06. The van der Waals surface area contributed by atoms with Crippen molar-refractivity contribution in [3.63, 3.8) is 0 Å². The maximum atomic E-state index is 12.6. The highest BCUT2D eigenvalue weighted by Gasteiger charge is 2.17. The van der Waals surface area contributed by atoms with Gasteiger partial charge in [0, 0.05) is 16.9 Å². The number of anilines is 1. The zero-order valence-corrected chi connectivity index (χ0v) is 18.8. The summed E-state index contributed by atoms with van der Waals surface area (Å²) in [5.74, 6) is 0.937. The topological polar surface area (TPSA) is 106 Å². The normalized spacial score (nSPS) is 10.9. The Morgan fingerprint density at radius 3 is 2.87 bits per heavy atom. The van der Waals surface area contributed by atoms with Crippen LogP contribution in [0.5, 0.6) is 0 Å². The summed E-state index contributed by atoms with van der Waals surface area (Å²) >= 11 is 12.5. The van der Waals surface area contributed by atoms with Gasteiger partial charge in [0.25, 0.3) is 5.91 Å². The standard InChI is InChI=1S/C19H17ClN8OS2/c1-3-8-27-15(24-25-19(27)30)9-13-10-31-18(22-13)23-17(29)16-21-11(2)28(26-16)14-6-4-12(20)5-7-14/h3-7,10H,1,8-9H2,2H3,(H,25,30)(H,22,23,29). The quantitative estimate of drug-likeness (QED) is 0.311. The van der Waals surface area contributed by atoms with Crippen LogP contribution in [0.15, 0.2) is 42.3 Å². The molecule has 0 atom stereocenters. The predicted octanol–water partition coefficient (Wildman–Crippen LogP) is 3.97. The van der Waals surface area contributed by atoms with Crippen LogP contribution in [0.4, 0.5) is 5.13 Å². The molecule has 4 rings (SSSR count). The summed E-state index contributed by atoms with van der Waals surface area (Å²) in [5, 5.41) is 17.0. The largest absolute Gasteiger partial charge is 0.300 e. The summed E-state index contributed by atoms with van der Waals surface area (Å²) in [6.07, 6.45) is 2.22. The summed E-state index contributed by atoms with van der Waals surface area (Å²) in [4.78, 5) is 21.3. The van der Waals surface area contributed by atoms with Crippen molar-refractivity contribution >= 4 is 46.2 Å². The summed E-state index contributed by atoms with van der Waals surface area (Å²) in [6, 6.07) is 7.12. The molecule has 4 aromatic rings. The fourth-order valence-electron chi connectivity index (χ4n) is 2.88. The number of benzene rings is 1. The van der Waals surface area contributed by atoms with Crippen LogP contribution in [0.25, 0.3) is 5.69 Å². The molecular weight excluding hydrogens is 456 g/mol. The van der Waals surface area contributed by atoms with Crippen molar-refractivity contribution in [3.05, 3.63) is 75.3 Å². The smallest absolute Gasteiger partial charge is 0.297 e. The van der Waals surface area contributed by atoms with E-state index in [-0.39, 0.29) is 5.82 Å². The molecule has 1 aromatic carbocycles. The van der Waals surface area contributed by atoms with Gasteiger partial charge in [0.2, 0.25) is 5.82 Å². The second kappa shape index (κ2) is 8.92. The molecule has 0 aliphatic heterocycles. The molecule has 9 nitrogen and oxygen atoms in total. The molecule has 158 valence electrons. The number of aromatic amines is 1. The molecule has 0 radical (unpaired) electrons. The molecule has 0 aliphatic carbocycles. The predicted molar refractivity (Wildman–Crippen MR) is 122 cm³/mol. The van der Waals surface area contributed by atoms with E-state index in [1.165, 1.54) is 11.3 Å². The minimum absolute atomic E-state index is 0.0519. The van der Waals surface area contributed by atoms with Crippen LogP contribution < -0.4 is 5.32 Å². The monoisotopic (exact) mass is 472 g/mol. The molecule has 1 amide bonds. The van der Waals surface area contributed by atoms with Crippen molar-refractivity contribution in [2.75, 3.05) is 5.32 Å². The first-order valence-electron chi connectivity index (χ1n) is 9.15. The number of amides is 1. The number of halogens is 1. The van der Waals surface area contributed by atoms with E-state index in [0.29, 0.717) is 33.7 Å². The fraction of sp³-hybridized carbons (Fsp3) is 0.158. The number of hydrogen-bond donors (Lipinski definition) is 2. The highest BCUT2D eigenvalue weighted by atomic mass is 35.5. The van der Waals surface area contributed by atoms with Crippen LogP contribution in [0.2, 0.25) is 5.02 Å². The molecule has 12 heteroatoms. The molecule has 2 N–H and O–H groups in total. The molecule has 0 saturated heterocycles. The zero-order chi connectivity index (χ0) is 22.0. The third kappa shape index (κ3) is 4.63. The third-order valence-electron chi connectivity index (χ3n) is 4.30. The maximum absolute atomic E-state index is 12.6. The lowest BCUT2D eigenvalue weighted by Crippen LogP contribution is -2.14. The van der Waals surface area contributed by atoms with Gasteiger partial charge >= 0.3 is 0 Å². The Morgan fingerprint density at radius 1 is 1.35 bits per heavy atom. The third-order valence-corrected chi connectivity index (χ3v) is 5.67. The minimum Gasteiger partial charge on any atom is -0.300 e. The Kier molecular flexibility index (Phi) is 6.07. The van der Waals surface area contributed by atoms with Crippen molar-refractivity contribution in [2.24, 2.45) is 0 Å². The lowest BCUT2D eigenvalue weighted by Gasteiger charge is -2.02. The first-order valence-corrected chi connectivity index (χ1v) is 10.8. The van der Waals surface area contributed by atoms with E-state index in [9.17, 15) is 4.79 Å². The van der Waals surface area contributed by atoms with Gasteiger partial charge in [-0.2, -0.15) is 5.10 Å². The van der Waals surface area contributed by atoms with E-state index in [4.69, 9.17) is 23.8 Å². The van der Waals surface area contributed by atoms with Crippen LogP contribution in [0, 0.1) is 11.7 Å².